The van der Waals surface area contributed by atoms with Crippen molar-refractivity contribution in [2.75, 3.05) is 0 Å². The standard InChI is InChI=1S/C9H16/c1-8(2,3)7-6-9(7)4-5-9/h7H,4-6H2,1-3H3. The van der Waals surface area contributed by atoms with Crippen LogP contribution in [0.25, 0.3) is 0 Å². The summed E-state index contributed by atoms with van der Waals surface area (Å²) >= 11 is 0. The second-order valence-electron chi connectivity index (χ2n) is 4.99. The Hall–Kier alpha value is 0. The molecular formula is C9H16. The normalized spacial score (nSPS) is 37.0. The summed E-state index contributed by atoms with van der Waals surface area (Å²) < 4.78 is 0. The number of hydrogen-bond acceptors (Lipinski definition) is 0. The SMILES string of the molecule is CC(C)(C)C1CC12CC2. The van der Waals surface area contributed by atoms with Gasteiger partial charge in [-0.1, -0.05) is 20.8 Å². The molecule has 1 atom stereocenters. The van der Waals surface area contributed by atoms with E-state index in [0.717, 1.165) is 11.3 Å². The van der Waals surface area contributed by atoms with E-state index >= 15 is 0 Å². The van der Waals surface area contributed by atoms with Crippen LogP contribution in [0, 0.1) is 16.7 Å². The van der Waals surface area contributed by atoms with Crippen LogP contribution in [0.2, 0.25) is 0 Å². The van der Waals surface area contributed by atoms with E-state index in [0.29, 0.717) is 5.41 Å². The van der Waals surface area contributed by atoms with E-state index in [9.17, 15) is 0 Å². The maximum absolute atomic E-state index is 2.38. The lowest BCUT2D eigenvalue weighted by atomic mass is 9.88. The van der Waals surface area contributed by atoms with E-state index < -0.39 is 0 Å². The first-order valence-corrected chi connectivity index (χ1v) is 4.05. The van der Waals surface area contributed by atoms with E-state index in [4.69, 9.17) is 0 Å². The first-order valence-electron chi connectivity index (χ1n) is 4.05. The minimum Gasteiger partial charge on any atom is -0.0599 e. The van der Waals surface area contributed by atoms with Crippen molar-refractivity contribution in [3.05, 3.63) is 0 Å². The molecular weight excluding hydrogens is 108 g/mol. The van der Waals surface area contributed by atoms with Crippen LogP contribution in [0.3, 0.4) is 0 Å². The van der Waals surface area contributed by atoms with Gasteiger partial charge in [-0.2, -0.15) is 0 Å². The van der Waals surface area contributed by atoms with Crippen molar-refractivity contribution in [3.8, 4) is 0 Å². The molecule has 9 heavy (non-hydrogen) atoms. The Morgan fingerprint density at radius 2 is 1.78 bits per heavy atom. The van der Waals surface area contributed by atoms with E-state index in [1.165, 1.54) is 19.3 Å². The summed E-state index contributed by atoms with van der Waals surface area (Å²) in [6.45, 7) is 7.14. The predicted molar refractivity (Wildman–Crippen MR) is 39.2 cm³/mol. The molecule has 0 aliphatic heterocycles. The molecule has 0 aromatic heterocycles. The predicted octanol–water partition coefficient (Wildman–Crippen LogP) is 2.83. The quantitative estimate of drug-likeness (QED) is 0.466. The molecule has 0 nitrogen and oxygen atoms in total. The van der Waals surface area contributed by atoms with Crippen molar-refractivity contribution in [2.45, 2.75) is 40.0 Å². The molecule has 0 amide bonds. The Morgan fingerprint density at radius 3 is 1.89 bits per heavy atom. The van der Waals surface area contributed by atoms with E-state index in [1.807, 2.05) is 0 Å². The Bertz CT molecular complexity index is 135. The maximum atomic E-state index is 2.38. The summed E-state index contributed by atoms with van der Waals surface area (Å²) in [5.74, 6) is 1.07. The van der Waals surface area contributed by atoms with Crippen LogP contribution < -0.4 is 0 Å². The highest BCUT2D eigenvalue weighted by atomic mass is 14.7. The Morgan fingerprint density at radius 1 is 1.22 bits per heavy atom. The zero-order valence-corrected chi connectivity index (χ0v) is 6.70. The zero-order valence-electron chi connectivity index (χ0n) is 6.70. The highest BCUT2D eigenvalue weighted by molar-refractivity contribution is 5.15. The van der Waals surface area contributed by atoms with Crippen LogP contribution >= 0.6 is 0 Å². The topological polar surface area (TPSA) is 0 Å². The summed E-state index contributed by atoms with van der Waals surface area (Å²) in [4.78, 5) is 0. The van der Waals surface area contributed by atoms with Gasteiger partial charge in [0.2, 0.25) is 0 Å². The molecule has 0 N–H and O–H groups in total. The van der Waals surface area contributed by atoms with Gasteiger partial charge in [0.25, 0.3) is 0 Å². The van der Waals surface area contributed by atoms with Gasteiger partial charge in [0.05, 0.1) is 0 Å². The minimum atomic E-state index is 0.608. The van der Waals surface area contributed by atoms with Gasteiger partial charge in [0, 0.05) is 0 Å². The van der Waals surface area contributed by atoms with Crippen molar-refractivity contribution >= 4 is 0 Å². The average Bonchev–Trinajstić information content (AvgIpc) is 2.46. The lowest BCUT2D eigenvalue weighted by Crippen LogP contribution is -2.09. The average molecular weight is 124 g/mol. The fraction of sp³-hybridized carbons (Fsp3) is 1.00. The largest absolute Gasteiger partial charge is 0.0599 e. The molecule has 0 heterocycles. The second-order valence-corrected chi connectivity index (χ2v) is 4.99. The highest BCUT2D eigenvalue weighted by Gasteiger charge is 2.65. The van der Waals surface area contributed by atoms with E-state index in [2.05, 4.69) is 20.8 Å². The summed E-state index contributed by atoms with van der Waals surface area (Å²) in [7, 11) is 0. The lowest BCUT2D eigenvalue weighted by molar-refractivity contribution is 0.325. The Balaban J connectivity index is 2.04. The van der Waals surface area contributed by atoms with Gasteiger partial charge < -0.3 is 0 Å². The van der Waals surface area contributed by atoms with Gasteiger partial charge >= 0.3 is 0 Å². The van der Waals surface area contributed by atoms with Crippen LogP contribution in [0.4, 0.5) is 0 Å². The first-order chi connectivity index (χ1) is 4.05. The summed E-state index contributed by atoms with van der Waals surface area (Å²) in [5.41, 5.74) is 1.51. The van der Waals surface area contributed by atoms with Crippen LogP contribution in [-0.2, 0) is 0 Å². The molecule has 1 spiro atoms. The van der Waals surface area contributed by atoms with Crippen LogP contribution in [0.15, 0.2) is 0 Å². The second kappa shape index (κ2) is 1.21. The van der Waals surface area contributed by atoms with Crippen molar-refractivity contribution in [1.29, 1.82) is 0 Å². The molecule has 2 aliphatic rings. The van der Waals surface area contributed by atoms with Crippen LogP contribution in [0.5, 0.6) is 0 Å². The molecule has 2 aliphatic carbocycles. The maximum Gasteiger partial charge on any atom is -0.0261 e. The van der Waals surface area contributed by atoms with Gasteiger partial charge in [-0.25, -0.2) is 0 Å². The fourth-order valence-corrected chi connectivity index (χ4v) is 2.29. The van der Waals surface area contributed by atoms with Crippen molar-refractivity contribution < 1.29 is 0 Å². The van der Waals surface area contributed by atoms with E-state index in [1.54, 1.807) is 0 Å². The first kappa shape index (κ1) is 5.76. The molecule has 0 bridgehead atoms. The van der Waals surface area contributed by atoms with Crippen LogP contribution in [0.1, 0.15) is 40.0 Å². The van der Waals surface area contributed by atoms with Gasteiger partial charge in [-0.05, 0) is 36.0 Å². The molecule has 2 saturated carbocycles. The molecule has 0 radical (unpaired) electrons. The summed E-state index contributed by atoms with van der Waals surface area (Å²) in [6, 6.07) is 0. The molecule has 2 rings (SSSR count). The van der Waals surface area contributed by atoms with E-state index in [-0.39, 0.29) is 0 Å². The molecule has 52 valence electrons. The fourth-order valence-electron chi connectivity index (χ4n) is 2.29. The van der Waals surface area contributed by atoms with Crippen molar-refractivity contribution in [1.82, 2.24) is 0 Å². The highest BCUT2D eigenvalue weighted by Crippen LogP contribution is 2.75. The zero-order chi connectivity index (χ0) is 6.70. The van der Waals surface area contributed by atoms with Gasteiger partial charge in [-0.15, -0.1) is 0 Å². The number of hydrogen-bond donors (Lipinski definition) is 0. The summed E-state index contributed by atoms with van der Waals surface area (Å²) in [6.07, 6.45) is 4.61. The van der Waals surface area contributed by atoms with Gasteiger partial charge in [0.15, 0.2) is 0 Å². The van der Waals surface area contributed by atoms with Crippen LogP contribution in [-0.4, -0.2) is 0 Å². The molecule has 0 saturated heterocycles. The molecule has 0 heteroatoms. The number of rotatable bonds is 0. The van der Waals surface area contributed by atoms with Crippen molar-refractivity contribution in [3.63, 3.8) is 0 Å². The Labute approximate surface area is 57.6 Å². The third kappa shape index (κ3) is 0.720. The smallest absolute Gasteiger partial charge is 0.0261 e. The van der Waals surface area contributed by atoms with Gasteiger partial charge in [0.1, 0.15) is 0 Å². The lowest BCUT2D eigenvalue weighted by Gasteiger charge is -2.17. The van der Waals surface area contributed by atoms with Crippen molar-refractivity contribution in [2.24, 2.45) is 16.7 Å². The molecule has 2 fully saturated rings. The Kier molecular flexibility index (Phi) is 0.774. The minimum absolute atomic E-state index is 0.608. The molecule has 0 aromatic rings. The van der Waals surface area contributed by atoms with Gasteiger partial charge in [-0.3, -0.25) is 0 Å². The molecule has 1 unspecified atom stereocenters. The third-order valence-corrected chi connectivity index (χ3v) is 3.13. The summed E-state index contributed by atoms with van der Waals surface area (Å²) in [5, 5.41) is 0. The third-order valence-electron chi connectivity index (χ3n) is 3.13. The molecule has 0 aromatic carbocycles. The monoisotopic (exact) mass is 124 g/mol.